The van der Waals surface area contributed by atoms with Crippen LogP contribution in [-0.2, 0) is 21.8 Å². The first kappa shape index (κ1) is 20.1. The minimum atomic E-state index is -1.27. The second kappa shape index (κ2) is 13.5. The molecule has 0 radical (unpaired) electrons. The molecule has 1 aliphatic carbocycles. The van der Waals surface area contributed by atoms with Crippen LogP contribution in [0.4, 0.5) is 0 Å². The Morgan fingerprint density at radius 1 is 1.00 bits per heavy atom. The van der Waals surface area contributed by atoms with Gasteiger partial charge in [0.2, 0.25) is 0 Å². The number of hydrogen-bond donors (Lipinski definition) is 0. The molecule has 0 saturated carbocycles. The fourth-order valence-corrected chi connectivity index (χ4v) is 11.9. The molecule has 0 atom stereocenters. The SMILES string of the molecule is C=CCCCCCCC1=[C]([Zr]([CH2]CCC)[CH2]CCC)CC=C1. The Morgan fingerprint density at radius 2 is 1.68 bits per heavy atom. The van der Waals surface area contributed by atoms with Gasteiger partial charge in [-0.3, -0.25) is 0 Å². The van der Waals surface area contributed by atoms with E-state index in [9.17, 15) is 0 Å². The summed E-state index contributed by atoms with van der Waals surface area (Å²) in [6.45, 7) is 8.52. The number of hydrogen-bond acceptors (Lipinski definition) is 0. The molecule has 0 nitrogen and oxygen atoms in total. The summed E-state index contributed by atoms with van der Waals surface area (Å²) >= 11 is -1.27. The van der Waals surface area contributed by atoms with Crippen LogP contribution in [0.1, 0.15) is 84.5 Å². The quantitative estimate of drug-likeness (QED) is 0.213. The van der Waals surface area contributed by atoms with Crippen molar-refractivity contribution in [2.75, 3.05) is 0 Å². The summed E-state index contributed by atoms with van der Waals surface area (Å²) in [6.07, 6.45) is 22.1. The molecule has 0 N–H and O–H groups in total. The van der Waals surface area contributed by atoms with Crippen LogP contribution in [-0.4, -0.2) is 0 Å². The van der Waals surface area contributed by atoms with E-state index >= 15 is 0 Å². The zero-order chi connectivity index (χ0) is 16.0. The first-order valence-corrected chi connectivity index (χ1v) is 14.4. The van der Waals surface area contributed by atoms with Gasteiger partial charge in [0.15, 0.2) is 0 Å². The van der Waals surface area contributed by atoms with Gasteiger partial charge in [0.05, 0.1) is 0 Å². The van der Waals surface area contributed by atoms with Gasteiger partial charge < -0.3 is 0 Å². The van der Waals surface area contributed by atoms with E-state index in [0.29, 0.717) is 0 Å². The fourth-order valence-electron chi connectivity index (χ4n) is 3.32. The molecule has 0 amide bonds. The summed E-state index contributed by atoms with van der Waals surface area (Å²) in [7, 11) is 0. The molecule has 0 aromatic heterocycles. The Labute approximate surface area is 147 Å². The van der Waals surface area contributed by atoms with E-state index < -0.39 is 21.8 Å². The topological polar surface area (TPSA) is 0 Å². The molecule has 22 heavy (non-hydrogen) atoms. The summed E-state index contributed by atoms with van der Waals surface area (Å²) in [5, 5.41) is 0. The third-order valence-corrected chi connectivity index (χ3v) is 12.8. The van der Waals surface area contributed by atoms with Gasteiger partial charge in [-0.25, -0.2) is 0 Å². The molecular formula is C21H37Zr. The molecule has 125 valence electrons. The summed E-state index contributed by atoms with van der Waals surface area (Å²) in [5.41, 5.74) is 1.78. The molecule has 0 aliphatic heterocycles. The van der Waals surface area contributed by atoms with Gasteiger partial charge in [-0.2, -0.15) is 0 Å². The van der Waals surface area contributed by atoms with Crippen molar-refractivity contribution in [3.8, 4) is 0 Å². The normalized spacial score (nSPS) is 13.9. The van der Waals surface area contributed by atoms with Crippen molar-refractivity contribution in [2.45, 2.75) is 92.7 Å². The van der Waals surface area contributed by atoms with E-state index in [1.165, 1.54) is 70.6 Å². The van der Waals surface area contributed by atoms with Crippen molar-refractivity contribution in [3.63, 3.8) is 0 Å². The van der Waals surface area contributed by atoms with E-state index in [-0.39, 0.29) is 0 Å². The summed E-state index contributed by atoms with van der Waals surface area (Å²) in [4.78, 5) is 0. The molecule has 0 heterocycles. The Bertz CT molecular complexity index is 343. The minimum absolute atomic E-state index is 1.19. The Kier molecular flexibility index (Phi) is 12.4. The first-order valence-electron chi connectivity index (χ1n) is 9.68. The van der Waals surface area contributed by atoms with Crippen LogP contribution in [0.5, 0.6) is 0 Å². The standard InChI is InChI=1S/C13H19.2C4H9.Zr/c1-2-3-4-5-6-7-10-13-11-8-9-12-13;2*1-3-4-2;/h2,8,11H,1,3-7,9-10H2;2*1,3-4H2,2H3;. The number of unbranched alkanes of at least 4 members (excludes halogenated alkanes) is 6. The van der Waals surface area contributed by atoms with Crippen LogP contribution in [0.3, 0.4) is 0 Å². The molecule has 0 fully saturated rings. The molecule has 0 spiro atoms. The van der Waals surface area contributed by atoms with E-state index in [1.807, 2.05) is 3.28 Å². The van der Waals surface area contributed by atoms with Crippen molar-refractivity contribution in [1.29, 1.82) is 0 Å². The molecule has 1 heteroatoms. The van der Waals surface area contributed by atoms with Gasteiger partial charge in [-0.05, 0) is 0 Å². The average molecular weight is 381 g/mol. The van der Waals surface area contributed by atoms with Gasteiger partial charge in [0.1, 0.15) is 0 Å². The van der Waals surface area contributed by atoms with Crippen LogP contribution < -0.4 is 0 Å². The van der Waals surface area contributed by atoms with E-state index in [0.717, 1.165) is 0 Å². The molecule has 0 bridgehead atoms. The molecule has 0 aromatic rings. The number of allylic oxidation sites excluding steroid dienone is 5. The van der Waals surface area contributed by atoms with Gasteiger partial charge in [0.25, 0.3) is 0 Å². The summed E-state index contributed by atoms with van der Waals surface area (Å²) in [6, 6.07) is 0. The maximum atomic E-state index is 3.81. The van der Waals surface area contributed by atoms with Crippen LogP contribution in [0.2, 0.25) is 8.26 Å². The maximum absolute atomic E-state index is 3.81. The molecule has 0 aromatic carbocycles. The monoisotopic (exact) mass is 379 g/mol. The predicted molar refractivity (Wildman–Crippen MR) is 98.1 cm³/mol. The van der Waals surface area contributed by atoms with Crippen molar-refractivity contribution in [1.82, 2.24) is 0 Å². The predicted octanol–water partition coefficient (Wildman–Crippen LogP) is 7.78. The van der Waals surface area contributed by atoms with Crippen molar-refractivity contribution in [3.05, 3.63) is 33.7 Å². The zero-order valence-electron chi connectivity index (χ0n) is 15.1. The molecule has 0 saturated heterocycles. The van der Waals surface area contributed by atoms with Crippen LogP contribution in [0, 0.1) is 0 Å². The van der Waals surface area contributed by atoms with Crippen molar-refractivity contribution in [2.24, 2.45) is 0 Å². The average Bonchev–Trinajstić information content (AvgIpc) is 2.99. The Hall–Kier alpha value is 0.103. The van der Waals surface area contributed by atoms with Crippen molar-refractivity contribution >= 4 is 0 Å². The third-order valence-electron chi connectivity index (χ3n) is 4.72. The van der Waals surface area contributed by atoms with E-state index in [4.69, 9.17) is 0 Å². The fraction of sp³-hybridized carbons (Fsp3) is 0.714. The summed E-state index contributed by atoms with van der Waals surface area (Å²) in [5.74, 6) is 0. The second-order valence-electron chi connectivity index (χ2n) is 6.66. The van der Waals surface area contributed by atoms with Crippen molar-refractivity contribution < 1.29 is 21.8 Å². The van der Waals surface area contributed by atoms with Crippen LogP contribution >= 0.6 is 0 Å². The molecule has 0 unspecified atom stereocenters. The molecule has 1 rings (SSSR count). The molecular weight excluding hydrogens is 343 g/mol. The van der Waals surface area contributed by atoms with E-state index in [2.05, 4.69) is 38.7 Å². The zero-order valence-corrected chi connectivity index (χ0v) is 17.6. The Morgan fingerprint density at radius 3 is 2.32 bits per heavy atom. The number of rotatable bonds is 14. The second-order valence-corrected chi connectivity index (χ2v) is 13.6. The van der Waals surface area contributed by atoms with E-state index in [1.54, 1.807) is 13.8 Å². The van der Waals surface area contributed by atoms with Gasteiger partial charge in [-0.15, -0.1) is 0 Å². The van der Waals surface area contributed by atoms with Gasteiger partial charge >= 0.3 is 148 Å². The van der Waals surface area contributed by atoms with Crippen LogP contribution in [0.15, 0.2) is 33.7 Å². The first-order chi connectivity index (χ1) is 10.8. The third kappa shape index (κ3) is 8.10. The Balaban J connectivity index is 2.45. The summed E-state index contributed by atoms with van der Waals surface area (Å²) < 4.78 is 5.22. The van der Waals surface area contributed by atoms with Gasteiger partial charge in [-0.1, -0.05) is 0 Å². The molecule has 1 aliphatic rings. The van der Waals surface area contributed by atoms with Gasteiger partial charge in [0, 0.05) is 0 Å². The van der Waals surface area contributed by atoms with Crippen LogP contribution in [0.25, 0.3) is 0 Å².